The van der Waals surface area contributed by atoms with Crippen molar-refractivity contribution in [3.05, 3.63) is 29.3 Å². The molecule has 0 bridgehead atoms. The second kappa shape index (κ2) is 7.72. The molecule has 24 heavy (non-hydrogen) atoms. The Balaban J connectivity index is 1.47. The zero-order valence-electron chi connectivity index (χ0n) is 13.7. The minimum Gasteiger partial charge on any atom is -0.364 e. The highest BCUT2D eigenvalue weighted by molar-refractivity contribution is 7.18. The maximum atomic E-state index is 12.3. The number of ether oxygens (including phenoxy) is 1. The second-order valence-electron chi connectivity index (χ2n) is 5.81. The fourth-order valence-electron chi connectivity index (χ4n) is 2.78. The van der Waals surface area contributed by atoms with Gasteiger partial charge in [-0.2, -0.15) is 0 Å². The maximum absolute atomic E-state index is 12.3. The van der Waals surface area contributed by atoms with Crippen LogP contribution in [0.3, 0.4) is 0 Å². The van der Waals surface area contributed by atoms with Crippen molar-refractivity contribution < 1.29 is 14.3 Å². The van der Waals surface area contributed by atoms with E-state index < -0.39 is 0 Å². The molecule has 1 aromatic carbocycles. The molecule has 0 unspecified atom stereocenters. The molecule has 0 saturated carbocycles. The number of carbonyl (C=O) groups is 2. The number of hydrogen-bond donors (Lipinski definition) is 0. The van der Waals surface area contributed by atoms with Crippen LogP contribution in [0.15, 0.2) is 24.3 Å². The van der Waals surface area contributed by atoms with Crippen molar-refractivity contribution >= 4 is 33.4 Å². The number of benzene rings is 1. The van der Waals surface area contributed by atoms with E-state index in [1.54, 1.807) is 28.1 Å². The molecule has 128 valence electrons. The molecule has 0 atom stereocenters. The van der Waals surface area contributed by atoms with Crippen molar-refractivity contribution in [2.75, 3.05) is 32.8 Å². The van der Waals surface area contributed by atoms with Crippen LogP contribution in [0.4, 0.5) is 0 Å². The summed E-state index contributed by atoms with van der Waals surface area (Å²) in [5.74, 6) is 0.0397. The molecule has 1 aliphatic rings. The van der Waals surface area contributed by atoms with Crippen LogP contribution in [0.25, 0.3) is 10.2 Å². The topological polar surface area (TPSA) is 62.7 Å². The molecule has 2 amide bonds. The minimum atomic E-state index is -0.0264. The largest absolute Gasteiger partial charge is 0.364 e. The predicted octanol–water partition coefficient (Wildman–Crippen LogP) is 1.89. The Labute approximate surface area is 145 Å². The Hall–Kier alpha value is -1.99. The van der Waals surface area contributed by atoms with Crippen molar-refractivity contribution in [2.24, 2.45) is 0 Å². The van der Waals surface area contributed by atoms with E-state index in [-0.39, 0.29) is 18.4 Å². The van der Waals surface area contributed by atoms with Crippen molar-refractivity contribution in [1.29, 1.82) is 0 Å². The van der Waals surface area contributed by atoms with Crippen molar-refractivity contribution in [3.8, 4) is 0 Å². The number of rotatable bonds is 4. The number of fused-ring (bicyclic) bond motifs is 1. The second-order valence-corrected chi connectivity index (χ2v) is 6.92. The zero-order chi connectivity index (χ0) is 16.9. The number of aromatic nitrogens is 1. The summed E-state index contributed by atoms with van der Waals surface area (Å²) < 4.78 is 6.68. The van der Waals surface area contributed by atoms with E-state index in [0.29, 0.717) is 32.8 Å². The van der Waals surface area contributed by atoms with Gasteiger partial charge in [-0.15, -0.1) is 11.3 Å². The molecule has 3 rings (SSSR count). The van der Waals surface area contributed by atoms with Gasteiger partial charge in [0.05, 0.1) is 16.8 Å². The quantitative estimate of drug-likeness (QED) is 0.847. The van der Waals surface area contributed by atoms with E-state index in [9.17, 15) is 9.59 Å². The molecule has 1 fully saturated rings. The van der Waals surface area contributed by atoms with Crippen molar-refractivity contribution in [3.63, 3.8) is 0 Å². The molecule has 1 aromatic heterocycles. The lowest BCUT2D eigenvalue weighted by Gasteiger charge is -2.21. The van der Waals surface area contributed by atoms with Gasteiger partial charge in [-0.3, -0.25) is 9.59 Å². The predicted molar refractivity (Wildman–Crippen MR) is 92.7 cm³/mol. The third kappa shape index (κ3) is 4.10. The number of thiazole rings is 1. The summed E-state index contributed by atoms with van der Waals surface area (Å²) in [4.78, 5) is 31.8. The monoisotopic (exact) mass is 347 g/mol. The summed E-state index contributed by atoms with van der Waals surface area (Å²) in [5.41, 5.74) is 0.962. The summed E-state index contributed by atoms with van der Waals surface area (Å²) in [7, 11) is 0. The molecule has 2 heterocycles. The first kappa shape index (κ1) is 16.9. The summed E-state index contributed by atoms with van der Waals surface area (Å²) >= 11 is 1.59. The van der Waals surface area contributed by atoms with Gasteiger partial charge in [0, 0.05) is 33.1 Å². The highest BCUT2D eigenvalue weighted by Crippen LogP contribution is 2.21. The van der Waals surface area contributed by atoms with Gasteiger partial charge < -0.3 is 14.5 Å². The number of nitrogens with zero attached hydrogens (tertiary/aromatic N) is 3. The molecule has 0 radical (unpaired) electrons. The fraction of sp³-hybridized carbons (Fsp3) is 0.471. The van der Waals surface area contributed by atoms with Gasteiger partial charge in [-0.05, 0) is 18.6 Å². The van der Waals surface area contributed by atoms with Crippen LogP contribution in [0.5, 0.6) is 0 Å². The van der Waals surface area contributed by atoms with Crippen LogP contribution in [0.2, 0.25) is 0 Å². The average Bonchev–Trinajstić information content (AvgIpc) is 2.81. The minimum absolute atomic E-state index is 0.0264. The van der Waals surface area contributed by atoms with Gasteiger partial charge in [-0.25, -0.2) is 4.98 Å². The van der Waals surface area contributed by atoms with E-state index in [4.69, 9.17) is 4.74 Å². The lowest BCUT2D eigenvalue weighted by atomic mass is 10.3. The van der Waals surface area contributed by atoms with Crippen molar-refractivity contribution in [2.45, 2.75) is 20.0 Å². The van der Waals surface area contributed by atoms with E-state index in [1.807, 2.05) is 24.3 Å². The van der Waals surface area contributed by atoms with Gasteiger partial charge in [0.1, 0.15) is 11.6 Å². The highest BCUT2D eigenvalue weighted by Gasteiger charge is 2.20. The molecule has 7 heteroatoms. The molecular formula is C17H21N3O3S. The van der Waals surface area contributed by atoms with Crippen molar-refractivity contribution in [1.82, 2.24) is 14.8 Å². The Morgan fingerprint density at radius 3 is 2.71 bits per heavy atom. The summed E-state index contributed by atoms with van der Waals surface area (Å²) in [6, 6.07) is 7.94. The molecule has 2 aromatic rings. The van der Waals surface area contributed by atoms with Gasteiger partial charge in [0.25, 0.3) is 0 Å². The molecule has 1 aliphatic heterocycles. The van der Waals surface area contributed by atoms with E-state index >= 15 is 0 Å². The Kier molecular flexibility index (Phi) is 5.42. The first-order valence-electron chi connectivity index (χ1n) is 8.09. The Morgan fingerprint density at radius 1 is 1.17 bits per heavy atom. The van der Waals surface area contributed by atoms with E-state index in [0.717, 1.165) is 21.6 Å². The summed E-state index contributed by atoms with van der Waals surface area (Å²) in [6.07, 6.45) is 0.809. The first-order valence-corrected chi connectivity index (χ1v) is 8.90. The molecule has 6 nitrogen and oxygen atoms in total. The lowest BCUT2D eigenvalue weighted by molar-refractivity contribution is -0.137. The van der Waals surface area contributed by atoms with E-state index in [2.05, 4.69) is 4.98 Å². The third-order valence-corrected chi connectivity index (χ3v) is 5.09. The van der Waals surface area contributed by atoms with Crippen LogP contribution in [0, 0.1) is 0 Å². The SMILES string of the molecule is CC(=O)N1CCCN(C(=O)COCc2nc3ccccc3s2)CC1. The Morgan fingerprint density at radius 2 is 1.92 bits per heavy atom. The highest BCUT2D eigenvalue weighted by atomic mass is 32.1. The lowest BCUT2D eigenvalue weighted by Crippen LogP contribution is -2.38. The molecule has 0 spiro atoms. The van der Waals surface area contributed by atoms with Gasteiger partial charge in [-0.1, -0.05) is 12.1 Å². The number of amides is 2. The molecule has 0 aliphatic carbocycles. The average molecular weight is 347 g/mol. The normalized spacial score (nSPS) is 15.5. The first-order chi connectivity index (χ1) is 11.6. The standard InChI is InChI=1S/C17H21N3O3S/c1-13(21)19-7-4-8-20(10-9-19)17(22)12-23-11-16-18-14-5-2-3-6-15(14)24-16/h2-3,5-6H,4,7-12H2,1H3. The van der Waals surface area contributed by atoms with E-state index in [1.165, 1.54) is 0 Å². The maximum Gasteiger partial charge on any atom is 0.248 e. The van der Waals surface area contributed by atoms with Gasteiger partial charge in [0.15, 0.2) is 0 Å². The van der Waals surface area contributed by atoms with Gasteiger partial charge in [0.2, 0.25) is 11.8 Å². The number of para-hydroxylation sites is 1. The summed E-state index contributed by atoms with van der Waals surface area (Å²) in [5, 5.41) is 0.877. The van der Waals surface area contributed by atoms with Crippen LogP contribution in [0.1, 0.15) is 18.4 Å². The fourth-order valence-corrected chi connectivity index (χ4v) is 3.69. The van der Waals surface area contributed by atoms with Gasteiger partial charge >= 0.3 is 0 Å². The van der Waals surface area contributed by atoms with Crippen LogP contribution >= 0.6 is 11.3 Å². The van der Waals surface area contributed by atoms with Crippen LogP contribution < -0.4 is 0 Å². The number of carbonyl (C=O) groups excluding carboxylic acids is 2. The summed E-state index contributed by atoms with van der Waals surface area (Å²) in [6.45, 7) is 4.52. The van der Waals surface area contributed by atoms with Crippen LogP contribution in [-0.2, 0) is 20.9 Å². The molecular weight excluding hydrogens is 326 g/mol. The number of hydrogen-bond acceptors (Lipinski definition) is 5. The van der Waals surface area contributed by atoms with Crippen LogP contribution in [-0.4, -0.2) is 59.4 Å². The zero-order valence-corrected chi connectivity index (χ0v) is 14.6. The Bertz CT molecular complexity index is 698. The molecule has 0 N–H and O–H groups in total. The smallest absolute Gasteiger partial charge is 0.248 e. The molecule has 1 saturated heterocycles. The third-order valence-electron chi connectivity index (χ3n) is 4.08.